The molecule has 132 valence electrons. The molecule has 24 heavy (non-hydrogen) atoms. The summed E-state index contributed by atoms with van der Waals surface area (Å²) in [5.41, 5.74) is 3.59. The molecule has 1 heterocycles. The molecular formula is C21H30O3. The Morgan fingerprint density at radius 2 is 2.00 bits per heavy atom. The molecule has 0 aromatic heterocycles. The van der Waals surface area contributed by atoms with Crippen molar-refractivity contribution < 1.29 is 14.3 Å². The van der Waals surface area contributed by atoms with E-state index in [0.29, 0.717) is 0 Å². The monoisotopic (exact) mass is 330 g/mol. The Bertz CT molecular complexity index is 619. The van der Waals surface area contributed by atoms with E-state index in [4.69, 9.17) is 4.74 Å². The number of esters is 1. The second kappa shape index (κ2) is 7.10. The minimum absolute atomic E-state index is 0.0388. The molecule has 3 nitrogen and oxygen atoms in total. The van der Waals surface area contributed by atoms with Crippen LogP contribution in [0.5, 0.6) is 0 Å². The Balaban J connectivity index is 2.11. The Hall–Kier alpha value is -1.61. The molecule has 0 aromatic rings. The van der Waals surface area contributed by atoms with Crippen LogP contribution in [0.2, 0.25) is 0 Å². The predicted octanol–water partition coefficient (Wildman–Crippen LogP) is 4.90. The van der Waals surface area contributed by atoms with Gasteiger partial charge in [-0.25, -0.2) is 4.79 Å². The molecule has 2 aliphatic rings. The molecule has 1 aliphatic carbocycles. The summed E-state index contributed by atoms with van der Waals surface area (Å²) in [5.74, 6) is -0.332. The van der Waals surface area contributed by atoms with Crippen LogP contribution in [0.4, 0.5) is 0 Å². The standard InChI is InChI=1S/C21H30O3/c1-15(13-19(22)23-6)9-7-10-16(2)17-14-18-20(3,4)11-8-12-21(18,5)24-17/h7,9-10,13-14,17H,8,11-12H2,1-6H3/b9-7+,15-13+,16-10+/t17-,21-/m1/s1. The van der Waals surface area contributed by atoms with Gasteiger partial charge in [0.05, 0.1) is 18.8 Å². The van der Waals surface area contributed by atoms with E-state index in [-0.39, 0.29) is 23.1 Å². The molecule has 0 amide bonds. The summed E-state index contributed by atoms with van der Waals surface area (Å²) in [5, 5.41) is 0. The van der Waals surface area contributed by atoms with Crippen molar-refractivity contribution in [3.8, 4) is 0 Å². The predicted molar refractivity (Wildman–Crippen MR) is 97.7 cm³/mol. The molecule has 1 fully saturated rings. The number of allylic oxidation sites excluding steroid dienone is 4. The van der Waals surface area contributed by atoms with Gasteiger partial charge in [-0.05, 0) is 68.2 Å². The van der Waals surface area contributed by atoms with E-state index >= 15 is 0 Å². The van der Waals surface area contributed by atoms with Gasteiger partial charge in [0.1, 0.15) is 0 Å². The van der Waals surface area contributed by atoms with E-state index in [2.05, 4.69) is 44.6 Å². The molecule has 0 radical (unpaired) electrons. The smallest absolute Gasteiger partial charge is 0.330 e. The number of fused-ring (bicyclic) bond motifs is 1. The van der Waals surface area contributed by atoms with Gasteiger partial charge in [-0.1, -0.05) is 32.1 Å². The van der Waals surface area contributed by atoms with Gasteiger partial charge >= 0.3 is 5.97 Å². The van der Waals surface area contributed by atoms with Crippen LogP contribution in [0.1, 0.15) is 53.9 Å². The first-order valence-electron chi connectivity index (χ1n) is 8.70. The molecular weight excluding hydrogens is 300 g/mol. The first kappa shape index (κ1) is 18.7. The Labute approximate surface area is 146 Å². The average molecular weight is 330 g/mol. The van der Waals surface area contributed by atoms with Crippen molar-refractivity contribution >= 4 is 5.97 Å². The van der Waals surface area contributed by atoms with Crippen LogP contribution in [0.15, 0.2) is 47.1 Å². The first-order chi connectivity index (χ1) is 11.2. The maximum Gasteiger partial charge on any atom is 0.330 e. The maximum absolute atomic E-state index is 11.2. The van der Waals surface area contributed by atoms with Crippen molar-refractivity contribution in [2.75, 3.05) is 7.11 Å². The summed E-state index contributed by atoms with van der Waals surface area (Å²) in [6.45, 7) is 10.8. The van der Waals surface area contributed by atoms with E-state index in [9.17, 15) is 4.79 Å². The fourth-order valence-electron chi connectivity index (χ4n) is 3.81. The molecule has 2 rings (SSSR count). The molecule has 0 spiro atoms. The fraction of sp³-hybridized carbons (Fsp3) is 0.571. The van der Waals surface area contributed by atoms with Gasteiger partial charge in [-0.2, -0.15) is 0 Å². The molecule has 0 aromatic carbocycles. The molecule has 3 heteroatoms. The molecule has 1 saturated carbocycles. The number of hydrogen-bond acceptors (Lipinski definition) is 3. The van der Waals surface area contributed by atoms with Crippen molar-refractivity contribution in [3.05, 3.63) is 47.1 Å². The fourth-order valence-corrected chi connectivity index (χ4v) is 3.81. The van der Waals surface area contributed by atoms with Crippen molar-refractivity contribution in [1.82, 2.24) is 0 Å². The van der Waals surface area contributed by atoms with Crippen molar-refractivity contribution in [1.29, 1.82) is 0 Å². The molecule has 0 unspecified atom stereocenters. The second-order valence-corrected chi connectivity index (χ2v) is 7.77. The zero-order valence-corrected chi connectivity index (χ0v) is 15.8. The number of hydrogen-bond donors (Lipinski definition) is 0. The van der Waals surface area contributed by atoms with Gasteiger partial charge in [0.15, 0.2) is 0 Å². The lowest BCUT2D eigenvalue weighted by Crippen LogP contribution is -2.39. The summed E-state index contributed by atoms with van der Waals surface area (Å²) in [6.07, 6.45) is 13.3. The SMILES string of the molecule is COC(=O)/C=C(C)/C=C/C=C(\C)[C@H]1C=C2C(C)(C)CCC[C@@]2(C)O1. The highest BCUT2D eigenvalue weighted by atomic mass is 16.5. The summed E-state index contributed by atoms with van der Waals surface area (Å²) in [6, 6.07) is 0. The second-order valence-electron chi connectivity index (χ2n) is 7.77. The van der Waals surface area contributed by atoms with Crippen molar-refractivity contribution in [2.24, 2.45) is 5.41 Å². The van der Waals surface area contributed by atoms with E-state index in [1.807, 2.05) is 19.1 Å². The number of carbonyl (C=O) groups excluding carboxylic acids is 1. The molecule has 0 bridgehead atoms. The molecule has 1 aliphatic heterocycles. The summed E-state index contributed by atoms with van der Waals surface area (Å²) < 4.78 is 11.0. The molecule has 0 saturated heterocycles. The number of rotatable bonds is 4. The highest BCUT2D eigenvalue weighted by Gasteiger charge is 2.47. The van der Waals surface area contributed by atoms with Crippen LogP contribution in [0.3, 0.4) is 0 Å². The largest absolute Gasteiger partial charge is 0.466 e. The highest BCUT2D eigenvalue weighted by molar-refractivity contribution is 5.83. The first-order valence-corrected chi connectivity index (χ1v) is 8.70. The lowest BCUT2D eigenvalue weighted by Gasteiger charge is -2.42. The van der Waals surface area contributed by atoms with Crippen LogP contribution < -0.4 is 0 Å². The Morgan fingerprint density at radius 1 is 1.29 bits per heavy atom. The zero-order valence-electron chi connectivity index (χ0n) is 15.8. The Kier molecular flexibility index (Phi) is 5.54. The molecule has 2 atom stereocenters. The van der Waals surface area contributed by atoms with E-state index in [1.165, 1.54) is 37.2 Å². The third-order valence-corrected chi connectivity index (χ3v) is 5.17. The summed E-state index contributed by atoms with van der Waals surface area (Å²) >= 11 is 0. The van der Waals surface area contributed by atoms with E-state index < -0.39 is 0 Å². The highest BCUT2D eigenvalue weighted by Crippen LogP contribution is 2.51. The maximum atomic E-state index is 11.2. The van der Waals surface area contributed by atoms with Crippen LogP contribution in [0, 0.1) is 5.41 Å². The molecule has 0 N–H and O–H groups in total. The van der Waals surface area contributed by atoms with Gasteiger partial charge in [0, 0.05) is 6.08 Å². The van der Waals surface area contributed by atoms with Crippen molar-refractivity contribution in [2.45, 2.75) is 65.6 Å². The summed E-state index contributed by atoms with van der Waals surface area (Å²) in [4.78, 5) is 11.2. The summed E-state index contributed by atoms with van der Waals surface area (Å²) in [7, 11) is 1.38. The minimum Gasteiger partial charge on any atom is -0.466 e. The zero-order chi connectivity index (χ0) is 18.0. The normalized spacial score (nSPS) is 30.2. The third kappa shape index (κ3) is 4.07. The number of ether oxygens (including phenoxy) is 2. The van der Waals surface area contributed by atoms with Crippen LogP contribution >= 0.6 is 0 Å². The lowest BCUT2D eigenvalue weighted by atomic mass is 9.67. The Morgan fingerprint density at radius 3 is 2.62 bits per heavy atom. The van der Waals surface area contributed by atoms with Gasteiger partial charge in [-0.15, -0.1) is 0 Å². The van der Waals surface area contributed by atoms with Crippen molar-refractivity contribution in [3.63, 3.8) is 0 Å². The van der Waals surface area contributed by atoms with Gasteiger partial charge in [-0.3, -0.25) is 0 Å². The van der Waals surface area contributed by atoms with Gasteiger partial charge in [0.25, 0.3) is 0 Å². The quantitative estimate of drug-likeness (QED) is 0.318. The van der Waals surface area contributed by atoms with Crippen LogP contribution in [-0.2, 0) is 14.3 Å². The number of methoxy groups -OCH3 is 1. The average Bonchev–Trinajstić information content (AvgIpc) is 2.86. The minimum atomic E-state index is -0.332. The number of carbonyl (C=O) groups is 1. The van der Waals surface area contributed by atoms with Gasteiger partial charge < -0.3 is 9.47 Å². The van der Waals surface area contributed by atoms with Crippen LogP contribution in [0.25, 0.3) is 0 Å². The van der Waals surface area contributed by atoms with Gasteiger partial charge in [0.2, 0.25) is 0 Å². The third-order valence-electron chi connectivity index (χ3n) is 5.17. The van der Waals surface area contributed by atoms with E-state index in [0.717, 1.165) is 12.0 Å². The van der Waals surface area contributed by atoms with Crippen LogP contribution in [-0.4, -0.2) is 24.8 Å². The topological polar surface area (TPSA) is 35.5 Å². The van der Waals surface area contributed by atoms with E-state index in [1.54, 1.807) is 0 Å². The lowest BCUT2D eigenvalue weighted by molar-refractivity contribution is -0.134.